The standard InChI is InChI=1S/C28H34ClNO3S.C2H6/c1-2-3-6-13-25(34-26-16-14-22(29)15-17-26)18-19-30-27(21-24-12-9-20-32-24)28(31)33-23-10-7-4-5-8-11-23;1-2/h2-3,6,9,12-18,20,23,27,30H,4-5,7-8,10-11,19,21H2,1H3;1-2H3/b3-2-,13-6-,25-18-;. The largest absolute Gasteiger partial charge is 0.469 e. The third-order valence-electron chi connectivity index (χ3n) is 5.64. The Morgan fingerprint density at radius 3 is 2.50 bits per heavy atom. The first-order valence-electron chi connectivity index (χ1n) is 13.0. The highest BCUT2D eigenvalue weighted by Gasteiger charge is 2.25. The summed E-state index contributed by atoms with van der Waals surface area (Å²) in [7, 11) is 0. The van der Waals surface area contributed by atoms with Crippen LogP contribution in [-0.2, 0) is 16.0 Å². The van der Waals surface area contributed by atoms with Gasteiger partial charge in [-0.1, -0.05) is 74.4 Å². The van der Waals surface area contributed by atoms with Gasteiger partial charge in [0.05, 0.1) is 6.26 Å². The Morgan fingerprint density at radius 1 is 1.14 bits per heavy atom. The lowest BCUT2D eigenvalue weighted by molar-refractivity contribution is -0.152. The van der Waals surface area contributed by atoms with Gasteiger partial charge in [0.25, 0.3) is 0 Å². The van der Waals surface area contributed by atoms with Crippen molar-refractivity contribution < 1.29 is 13.9 Å². The molecule has 0 amide bonds. The van der Waals surface area contributed by atoms with Crippen LogP contribution in [0.2, 0.25) is 5.02 Å². The zero-order valence-corrected chi connectivity index (χ0v) is 23.3. The third kappa shape index (κ3) is 11.7. The van der Waals surface area contributed by atoms with Crippen LogP contribution < -0.4 is 5.32 Å². The van der Waals surface area contributed by atoms with Gasteiger partial charge < -0.3 is 14.5 Å². The molecule has 4 nitrogen and oxygen atoms in total. The molecule has 0 saturated heterocycles. The van der Waals surface area contributed by atoms with Crippen molar-refractivity contribution in [2.24, 2.45) is 0 Å². The first-order chi connectivity index (χ1) is 17.6. The van der Waals surface area contributed by atoms with Crippen LogP contribution in [0.4, 0.5) is 0 Å². The maximum Gasteiger partial charge on any atom is 0.323 e. The van der Waals surface area contributed by atoms with Crippen molar-refractivity contribution in [1.82, 2.24) is 5.32 Å². The molecule has 1 heterocycles. The Morgan fingerprint density at radius 2 is 1.86 bits per heavy atom. The lowest BCUT2D eigenvalue weighted by Crippen LogP contribution is -2.41. The Bertz CT molecular complexity index is 943. The second-order valence-corrected chi connectivity index (χ2v) is 9.93. The summed E-state index contributed by atoms with van der Waals surface area (Å²) in [5, 5.41) is 4.10. The maximum absolute atomic E-state index is 13.1. The van der Waals surface area contributed by atoms with E-state index in [1.807, 2.05) is 75.4 Å². The van der Waals surface area contributed by atoms with Gasteiger partial charge in [0.2, 0.25) is 0 Å². The van der Waals surface area contributed by atoms with Crippen LogP contribution in [0.1, 0.15) is 65.1 Å². The second-order valence-electron chi connectivity index (χ2n) is 8.34. The average molecular weight is 530 g/mol. The number of allylic oxidation sites excluding steroid dienone is 4. The molecule has 36 heavy (non-hydrogen) atoms. The molecule has 1 unspecified atom stereocenters. The zero-order chi connectivity index (χ0) is 26.0. The predicted octanol–water partition coefficient (Wildman–Crippen LogP) is 8.53. The molecule has 0 bridgehead atoms. The fraction of sp³-hybridized carbons (Fsp3) is 0.433. The SMILES string of the molecule is CC.C\C=C/C=C\C(=C\CNC(Cc1ccco1)C(=O)OC1CCCCCC1)Sc1ccc(Cl)cc1. The fourth-order valence-corrected chi connectivity index (χ4v) is 4.80. The number of furan rings is 1. The van der Waals surface area contributed by atoms with Crippen molar-refractivity contribution in [1.29, 1.82) is 0 Å². The van der Waals surface area contributed by atoms with Gasteiger partial charge in [-0.05, 0) is 75.1 Å². The monoisotopic (exact) mass is 529 g/mol. The highest BCUT2D eigenvalue weighted by Crippen LogP contribution is 2.28. The number of ether oxygens (including phenoxy) is 1. The molecule has 0 radical (unpaired) electrons. The number of esters is 1. The number of benzene rings is 1. The molecule has 1 aromatic heterocycles. The molecule has 1 aromatic carbocycles. The second kappa shape index (κ2) is 18.1. The molecule has 1 N–H and O–H groups in total. The molecule has 0 aliphatic heterocycles. The molecule has 6 heteroatoms. The number of hydrogen-bond acceptors (Lipinski definition) is 5. The summed E-state index contributed by atoms with van der Waals surface area (Å²) >= 11 is 7.68. The van der Waals surface area contributed by atoms with Crippen LogP contribution in [0.5, 0.6) is 0 Å². The lowest BCUT2D eigenvalue weighted by atomic mass is 10.1. The van der Waals surface area contributed by atoms with Crippen molar-refractivity contribution in [3.8, 4) is 0 Å². The van der Waals surface area contributed by atoms with Crippen LogP contribution >= 0.6 is 23.4 Å². The summed E-state index contributed by atoms with van der Waals surface area (Å²) in [5.74, 6) is 0.566. The maximum atomic E-state index is 13.1. The summed E-state index contributed by atoms with van der Waals surface area (Å²) in [6.45, 7) is 6.52. The van der Waals surface area contributed by atoms with Crippen molar-refractivity contribution in [2.45, 2.75) is 82.8 Å². The number of hydrogen-bond donors (Lipinski definition) is 1. The summed E-state index contributed by atoms with van der Waals surface area (Å²) in [6.07, 6.45) is 18.9. The molecule has 1 aliphatic carbocycles. The van der Waals surface area contributed by atoms with Gasteiger partial charge in [0.15, 0.2) is 0 Å². The quantitative estimate of drug-likeness (QED) is 0.137. The van der Waals surface area contributed by atoms with E-state index in [9.17, 15) is 4.79 Å². The molecule has 196 valence electrons. The number of carbonyl (C=O) groups is 1. The molecule has 1 aliphatic rings. The van der Waals surface area contributed by atoms with Crippen molar-refractivity contribution >= 4 is 29.3 Å². The summed E-state index contributed by atoms with van der Waals surface area (Å²) < 4.78 is 11.4. The van der Waals surface area contributed by atoms with Gasteiger partial charge >= 0.3 is 5.97 Å². The van der Waals surface area contributed by atoms with Crippen LogP contribution in [0, 0.1) is 0 Å². The number of halogens is 1. The number of thioether (sulfide) groups is 1. The minimum atomic E-state index is -0.466. The first kappa shape index (κ1) is 30.0. The molecule has 3 rings (SSSR count). The van der Waals surface area contributed by atoms with E-state index in [2.05, 4.69) is 17.5 Å². The lowest BCUT2D eigenvalue weighted by Gasteiger charge is -2.21. The topological polar surface area (TPSA) is 51.5 Å². The molecular weight excluding hydrogens is 490 g/mol. The van der Waals surface area contributed by atoms with E-state index in [0.717, 1.165) is 41.2 Å². The Balaban J connectivity index is 0.00000222. The average Bonchev–Trinajstić information content (AvgIpc) is 3.28. The van der Waals surface area contributed by atoms with E-state index in [4.69, 9.17) is 20.8 Å². The van der Waals surface area contributed by atoms with E-state index >= 15 is 0 Å². The van der Waals surface area contributed by atoms with Crippen LogP contribution in [0.3, 0.4) is 0 Å². The van der Waals surface area contributed by atoms with Gasteiger partial charge in [-0.3, -0.25) is 4.79 Å². The summed E-state index contributed by atoms with van der Waals surface area (Å²) in [6, 6.07) is 11.0. The van der Waals surface area contributed by atoms with E-state index in [0.29, 0.717) is 18.0 Å². The van der Waals surface area contributed by atoms with Gasteiger partial charge in [0, 0.05) is 27.8 Å². The number of carbonyl (C=O) groups excluding carboxylic acids is 1. The third-order valence-corrected chi connectivity index (χ3v) is 6.93. The van der Waals surface area contributed by atoms with Crippen LogP contribution in [0.15, 0.2) is 87.3 Å². The minimum Gasteiger partial charge on any atom is -0.469 e. The van der Waals surface area contributed by atoms with E-state index in [1.165, 1.54) is 12.8 Å². The molecule has 1 fully saturated rings. The Labute approximate surface area is 226 Å². The Kier molecular flexibility index (Phi) is 15.1. The van der Waals surface area contributed by atoms with Gasteiger partial charge in [-0.25, -0.2) is 0 Å². The van der Waals surface area contributed by atoms with Gasteiger partial charge in [0.1, 0.15) is 17.9 Å². The molecule has 0 spiro atoms. The summed E-state index contributed by atoms with van der Waals surface area (Å²) in [4.78, 5) is 15.2. The number of nitrogens with one attached hydrogen (secondary N) is 1. The van der Waals surface area contributed by atoms with Crippen molar-refractivity contribution in [2.75, 3.05) is 6.54 Å². The van der Waals surface area contributed by atoms with E-state index < -0.39 is 6.04 Å². The van der Waals surface area contributed by atoms with Crippen LogP contribution in [0.25, 0.3) is 0 Å². The zero-order valence-electron chi connectivity index (χ0n) is 21.8. The van der Waals surface area contributed by atoms with Gasteiger partial charge in [-0.15, -0.1) is 0 Å². The van der Waals surface area contributed by atoms with Crippen molar-refractivity contribution in [3.63, 3.8) is 0 Å². The molecule has 2 aromatic rings. The normalized spacial score (nSPS) is 15.9. The van der Waals surface area contributed by atoms with E-state index in [1.54, 1.807) is 18.0 Å². The number of rotatable bonds is 11. The van der Waals surface area contributed by atoms with E-state index in [-0.39, 0.29) is 12.1 Å². The van der Waals surface area contributed by atoms with Crippen molar-refractivity contribution in [3.05, 3.63) is 88.7 Å². The minimum absolute atomic E-state index is 0.0197. The summed E-state index contributed by atoms with van der Waals surface area (Å²) in [5.41, 5.74) is 0. The molecule has 1 atom stereocenters. The highest BCUT2D eigenvalue weighted by atomic mass is 35.5. The highest BCUT2D eigenvalue weighted by molar-refractivity contribution is 8.03. The van der Waals surface area contributed by atoms with Crippen LogP contribution in [-0.4, -0.2) is 24.7 Å². The molecular formula is C30H40ClNO3S. The van der Waals surface area contributed by atoms with Gasteiger partial charge in [-0.2, -0.15) is 0 Å². The smallest absolute Gasteiger partial charge is 0.323 e. The Hall–Kier alpha value is -2.21. The molecule has 1 saturated carbocycles. The first-order valence-corrected chi connectivity index (χ1v) is 14.2. The fourth-order valence-electron chi connectivity index (χ4n) is 3.82. The predicted molar refractivity (Wildman–Crippen MR) is 152 cm³/mol.